The third-order valence-electron chi connectivity index (χ3n) is 4.21. The molecule has 0 aliphatic carbocycles. The van der Waals surface area contributed by atoms with Gasteiger partial charge in [-0.2, -0.15) is 0 Å². The summed E-state index contributed by atoms with van der Waals surface area (Å²) >= 11 is 0.919. The maximum atomic E-state index is 11.3. The highest BCUT2D eigenvalue weighted by atomic mass is 32.2. The zero-order chi connectivity index (χ0) is 17.7. The number of rotatable bonds is 15. The standard InChI is InChI=1S/C18H34O4S/c1-4-5-6-7-8-9-10-11-12-13-14-18(3,17(21)22)23-15(2)16(19)20/h15H,4-14H2,1-3H3,(H,19,20)(H,21,22)/p-2. The molecule has 0 N–H and O–H groups in total. The van der Waals surface area contributed by atoms with Crippen LogP contribution in [0.5, 0.6) is 0 Å². The molecule has 0 radical (unpaired) electrons. The molecule has 5 heteroatoms. The molecule has 0 aliphatic heterocycles. The fraction of sp³-hybridized carbons (Fsp3) is 0.889. The maximum absolute atomic E-state index is 11.3. The van der Waals surface area contributed by atoms with Crippen LogP contribution in [0.25, 0.3) is 0 Å². The quantitative estimate of drug-likeness (QED) is 0.427. The Morgan fingerprint density at radius 3 is 1.74 bits per heavy atom. The number of unbranched alkanes of at least 4 members (excludes halogenated alkanes) is 9. The van der Waals surface area contributed by atoms with Gasteiger partial charge in [0.1, 0.15) is 0 Å². The largest absolute Gasteiger partial charge is 0.549 e. The average Bonchev–Trinajstić information content (AvgIpc) is 2.48. The summed E-state index contributed by atoms with van der Waals surface area (Å²) in [5.41, 5.74) is 0. The highest BCUT2D eigenvalue weighted by molar-refractivity contribution is 8.02. The van der Waals surface area contributed by atoms with Gasteiger partial charge in [-0.1, -0.05) is 71.1 Å². The summed E-state index contributed by atoms with van der Waals surface area (Å²) in [7, 11) is 0. The molecule has 0 aromatic heterocycles. The van der Waals surface area contributed by atoms with Crippen LogP contribution in [0.4, 0.5) is 0 Å². The summed E-state index contributed by atoms with van der Waals surface area (Å²) in [4.78, 5) is 22.1. The van der Waals surface area contributed by atoms with Crippen LogP contribution < -0.4 is 10.2 Å². The van der Waals surface area contributed by atoms with Gasteiger partial charge in [-0.25, -0.2) is 0 Å². The van der Waals surface area contributed by atoms with E-state index in [9.17, 15) is 19.8 Å². The Hall–Kier alpha value is -0.710. The fourth-order valence-electron chi connectivity index (χ4n) is 2.60. The van der Waals surface area contributed by atoms with Crippen LogP contribution in [-0.2, 0) is 9.59 Å². The van der Waals surface area contributed by atoms with Crippen molar-refractivity contribution in [1.29, 1.82) is 0 Å². The van der Waals surface area contributed by atoms with Crippen LogP contribution in [0.3, 0.4) is 0 Å². The van der Waals surface area contributed by atoms with Crippen molar-refractivity contribution in [2.24, 2.45) is 0 Å². The zero-order valence-electron chi connectivity index (χ0n) is 14.9. The minimum atomic E-state index is -1.23. The molecular weight excluding hydrogens is 312 g/mol. The first kappa shape index (κ1) is 22.3. The molecule has 0 aliphatic rings. The number of carbonyl (C=O) groups is 2. The van der Waals surface area contributed by atoms with E-state index < -0.39 is 21.9 Å². The number of carbonyl (C=O) groups excluding carboxylic acids is 2. The highest BCUT2D eigenvalue weighted by Gasteiger charge is 2.28. The summed E-state index contributed by atoms with van der Waals surface area (Å²) in [6.45, 7) is 5.23. The Labute approximate surface area is 145 Å². The monoisotopic (exact) mass is 344 g/mol. The van der Waals surface area contributed by atoms with Crippen molar-refractivity contribution in [1.82, 2.24) is 0 Å². The Bertz CT molecular complexity index is 346. The molecule has 23 heavy (non-hydrogen) atoms. The lowest BCUT2D eigenvalue weighted by Crippen LogP contribution is -2.46. The van der Waals surface area contributed by atoms with Gasteiger partial charge in [0.15, 0.2) is 0 Å². The van der Waals surface area contributed by atoms with Crippen LogP contribution in [0.15, 0.2) is 0 Å². The molecule has 0 heterocycles. The molecule has 0 bridgehead atoms. The van der Waals surface area contributed by atoms with Crippen LogP contribution in [-0.4, -0.2) is 21.9 Å². The molecule has 4 nitrogen and oxygen atoms in total. The third-order valence-corrected chi connectivity index (χ3v) is 5.65. The SMILES string of the molecule is CCCCCCCCCCCCC(C)(SC(C)C(=O)[O-])C(=O)[O-]. The van der Waals surface area contributed by atoms with Crippen molar-refractivity contribution >= 4 is 23.7 Å². The molecule has 0 amide bonds. The van der Waals surface area contributed by atoms with E-state index in [1.807, 2.05) is 0 Å². The van der Waals surface area contributed by atoms with E-state index in [0.717, 1.165) is 31.0 Å². The highest BCUT2D eigenvalue weighted by Crippen LogP contribution is 2.33. The average molecular weight is 345 g/mol. The first-order valence-corrected chi connectivity index (χ1v) is 9.81. The van der Waals surface area contributed by atoms with E-state index >= 15 is 0 Å². The Balaban J connectivity index is 3.85. The van der Waals surface area contributed by atoms with Gasteiger partial charge in [-0.05, 0) is 20.3 Å². The van der Waals surface area contributed by atoms with Crippen LogP contribution >= 0.6 is 11.8 Å². The van der Waals surface area contributed by atoms with Gasteiger partial charge in [0, 0.05) is 5.25 Å². The summed E-state index contributed by atoms with van der Waals surface area (Å²) in [6, 6.07) is 0. The van der Waals surface area contributed by atoms with Crippen molar-refractivity contribution < 1.29 is 19.8 Å². The summed E-state index contributed by atoms with van der Waals surface area (Å²) in [6.07, 6.45) is 12.3. The van der Waals surface area contributed by atoms with E-state index in [4.69, 9.17) is 0 Å². The Morgan fingerprint density at radius 1 is 0.913 bits per heavy atom. The fourth-order valence-corrected chi connectivity index (χ4v) is 3.83. The second kappa shape index (κ2) is 12.7. The topological polar surface area (TPSA) is 80.3 Å². The van der Waals surface area contributed by atoms with Crippen molar-refractivity contribution in [2.75, 3.05) is 0 Å². The van der Waals surface area contributed by atoms with Crippen molar-refractivity contribution in [3.05, 3.63) is 0 Å². The first-order valence-electron chi connectivity index (χ1n) is 8.93. The predicted molar refractivity (Wildman–Crippen MR) is 91.9 cm³/mol. The second-order valence-electron chi connectivity index (χ2n) is 6.53. The molecule has 0 fully saturated rings. The summed E-state index contributed by atoms with van der Waals surface area (Å²) < 4.78 is -1.15. The molecule has 2 atom stereocenters. The third kappa shape index (κ3) is 10.6. The molecular formula is C18H32O4S-2. The molecule has 0 saturated carbocycles. The smallest absolute Gasteiger partial charge is 0.0573 e. The number of aliphatic carboxylic acids is 2. The zero-order valence-corrected chi connectivity index (χ0v) is 15.7. The molecule has 136 valence electrons. The molecule has 0 aromatic rings. The lowest BCUT2D eigenvalue weighted by molar-refractivity contribution is -0.308. The van der Waals surface area contributed by atoms with Crippen molar-refractivity contribution in [2.45, 2.75) is 101 Å². The van der Waals surface area contributed by atoms with E-state index in [1.165, 1.54) is 51.9 Å². The van der Waals surface area contributed by atoms with Crippen LogP contribution in [0.1, 0.15) is 91.4 Å². The molecule has 2 unspecified atom stereocenters. The lowest BCUT2D eigenvalue weighted by Gasteiger charge is -2.33. The first-order chi connectivity index (χ1) is 10.8. The van der Waals surface area contributed by atoms with Crippen molar-refractivity contribution in [3.8, 4) is 0 Å². The van der Waals surface area contributed by atoms with Gasteiger partial charge in [-0.3, -0.25) is 0 Å². The van der Waals surface area contributed by atoms with Crippen LogP contribution in [0.2, 0.25) is 0 Å². The van der Waals surface area contributed by atoms with Gasteiger partial charge < -0.3 is 19.8 Å². The predicted octanol–water partition coefficient (Wildman–Crippen LogP) is 2.68. The van der Waals surface area contributed by atoms with Gasteiger partial charge in [-0.15, -0.1) is 11.8 Å². The van der Waals surface area contributed by atoms with E-state index in [-0.39, 0.29) is 0 Å². The number of carboxylic acids is 2. The van der Waals surface area contributed by atoms with Gasteiger partial charge in [0.2, 0.25) is 0 Å². The number of hydrogen-bond donors (Lipinski definition) is 0. The van der Waals surface area contributed by atoms with Gasteiger partial charge in [0.25, 0.3) is 0 Å². The maximum Gasteiger partial charge on any atom is 0.0573 e. The van der Waals surface area contributed by atoms with E-state index in [0.29, 0.717) is 6.42 Å². The van der Waals surface area contributed by atoms with Gasteiger partial charge >= 0.3 is 0 Å². The van der Waals surface area contributed by atoms with Crippen molar-refractivity contribution in [3.63, 3.8) is 0 Å². The number of carboxylic acid groups (broad SMARTS) is 2. The van der Waals surface area contributed by atoms with E-state index in [2.05, 4.69) is 6.92 Å². The minimum absolute atomic E-state index is 0.439. The molecule has 0 aromatic carbocycles. The number of thioether (sulfide) groups is 1. The number of hydrogen-bond acceptors (Lipinski definition) is 5. The molecule has 0 spiro atoms. The lowest BCUT2D eigenvalue weighted by atomic mass is 10.0. The van der Waals surface area contributed by atoms with E-state index in [1.54, 1.807) is 6.92 Å². The minimum Gasteiger partial charge on any atom is -0.549 e. The Kier molecular flexibility index (Phi) is 12.3. The summed E-state index contributed by atoms with van der Waals surface area (Å²) in [5.74, 6) is -2.42. The van der Waals surface area contributed by atoms with Crippen LogP contribution in [0, 0.1) is 0 Å². The molecule has 0 saturated heterocycles. The second-order valence-corrected chi connectivity index (χ2v) is 8.37. The van der Waals surface area contributed by atoms with Gasteiger partial charge in [0.05, 0.1) is 16.7 Å². The summed E-state index contributed by atoms with van der Waals surface area (Å²) in [5, 5.41) is 21.3. The normalized spacial score (nSPS) is 15.1. The Morgan fingerprint density at radius 2 is 1.35 bits per heavy atom. The molecule has 0 rings (SSSR count).